The van der Waals surface area contributed by atoms with Crippen LogP contribution in [0.3, 0.4) is 0 Å². The molecule has 6 nitrogen and oxygen atoms in total. The van der Waals surface area contributed by atoms with Crippen LogP contribution < -0.4 is 16.2 Å². The highest BCUT2D eigenvalue weighted by atomic mass is 32.2. The number of sulfonamides is 1. The van der Waals surface area contributed by atoms with E-state index in [0.29, 0.717) is 29.9 Å². The van der Waals surface area contributed by atoms with Crippen molar-refractivity contribution in [3.8, 4) is 0 Å². The molecular weight excluding hydrogens is 254 g/mol. The van der Waals surface area contributed by atoms with Gasteiger partial charge in [0, 0.05) is 17.9 Å². The summed E-state index contributed by atoms with van der Waals surface area (Å²) in [5.74, 6) is 0. The molecule has 0 aliphatic rings. The van der Waals surface area contributed by atoms with Crippen LogP contribution in [0.2, 0.25) is 0 Å². The summed E-state index contributed by atoms with van der Waals surface area (Å²) in [6.45, 7) is 3.82. The molecule has 1 unspecified atom stereocenters. The molecule has 0 aromatic heterocycles. The molecule has 1 rings (SSSR count). The van der Waals surface area contributed by atoms with Gasteiger partial charge in [-0.2, -0.15) is 0 Å². The van der Waals surface area contributed by atoms with Crippen molar-refractivity contribution in [2.45, 2.75) is 31.3 Å². The Balaban J connectivity index is 3.10. The van der Waals surface area contributed by atoms with Crippen LogP contribution in [0.25, 0.3) is 0 Å². The van der Waals surface area contributed by atoms with Crippen LogP contribution in [0.1, 0.15) is 18.9 Å². The predicted octanol–water partition coefficient (Wildman–Crippen LogP) is 0.407. The Labute approximate surface area is 107 Å². The zero-order chi connectivity index (χ0) is 13.9. The second-order valence-corrected chi connectivity index (χ2v) is 5.71. The van der Waals surface area contributed by atoms with Gasteiger partial charge in [0.05, 0.1) is 11.0 Å². The van der Waals surface area contributed by atoms with Crippen LogP contribution in [0, 0.1) is 6.92 Å². The lowest BCUT2D eigenvalue weighted by Crippen LogP contribution is -2.20. The summed E-state index contributed by atoms with van der Waals surface area (Å²) in [4.78, 5) is -0.00371. The lowest BCUT2D eigenvalue weighted by molar-refractivity contribution is 0.183. The Morgan fingerprint density at radius 1 is 1.44 bits per heavy atom. The van der Waals surface area contributed by atoms with Crippen LogP contribution in [-0.2, 0) is 10.0 Å². The molecule has 0 aliphatic heterocycles. The SMILES string of the molecule is CCC(O)CNc1cc(N)cc(S(N)(=O)=O)c1C. The normalized spacial score (nSPS) is 13.3. The Morgan fingerprint density at radius 2 is 2.06 bits per heavy atom. The number of nitrogens with one attached hydrogen (secondary N) is 1. The molecule has 0 heterocycles. The number of aliphatic hydroxyl groups is 1. The fourth-order valence-electron chi connectivity index (χ4n) is 1.56. The van der Waals surface area contributed by atoms with Crippen molar-refractivity contribution < 1.29 is 13.5 Å². The summed E-state index contributed by atoms with van der Waals surface area (Å²) in [6.07, 6.45) is 0.111. The van der Waals surface area contributed by atoms with Gasteiger partial charge >= 0.3 is 0 Å². The predicted molar refractivity (Wildman–Crippen MR) is 71.8 cm³/mol. The number of nitrogens with two attached hydrogens (primary N) is 2. The van der Waals surface area contributed by atoms with Crippen LogP contribution in [0.5, 0.6) is 0 Å². The number of hydrogen-bond acceptors (Lipinski definition) is 5. The van der Waals surface area contributed by atoms with Gasteiger partial charge in [-0.05, 0) is 31.0 Å². The minimum atomic E-state index is -3.81. The van der Waals surface area contributed by atoms with E-state index in [9.17, 15) is 13.5 Å². The third-order valence-corrected chi connectivity index (χ3v) is 3.73. The number of primary sulfonamides is 1. The van der Waals surface area contributed by atoms with Crippen molar-refractivity contribution in [1.82, 2.24) is 0 Å². The highest BCUT2D eigenvalue weighted by Crippen LogP contribution is 2.26. The van der Waals surface area contributed by atoms with E-state index in [-0.39, 0.29) is 4.90 Å². The van der Waals surface area contributed by atoms with Crippen molar-refractivity contribution >= 4 is 21.4 Å². The monoisotopic (exact) mass is 273 g/mol. The molecule has 0 saturated heterocycles. The number of anilines is 2. The first kappa shape index (κ1) is 14.7. The van der Waals surface area contributed by atoms with Gasteiger partial charge in [0.1, 0.15) is 0 Å². The van der Waals surface area contributed by atoms with Crippen molar-refractivity contribution in [3.05, 3.63) is 17.7 Å². The van der Waals surface area contributed by atoms with E-state index in [4.69, 9.17) is 10.9 Å². The van der Waals surface area contributed by atoms with Crippen LogP contribution in [-0.4, -0.2) is 26.2 Å². The van der Waals surface area contributed by atoms with Crippen molar-refractivity contribution in [3.63, 3.8) is 0 Å². The second kappa shape index (κ2) is 5.55. The Morgan fingerprint density at radius 3 is 2.56 bits per heavy atom. The molecule has 0 aliphatic carbocycles. The molecule has 6 N–H and O–H groups in total. The molecule has 1 aromatic rings. The summed E-state index contributed by atoms with van der Waals surface area (Å²) in [6, 6.07) is 2.94. The third-order valence-electron chi connectivity index (χ3n) is 2.69. The summed E-state index contributed by atoms with van der Waals surface area (Å²) >= 11 is 0. The Hall–Kier alpha value is -1.31. The number of benzene rings is 1. The maximum atomic E-state index is 11.4. The van der Waals surface area contributed by atoms with Crippen LogP contribution in [0.4, 0.5) is 11.4 Å². The van der Waals surface area contributed by atoms with E-state index in [0.717, 1.165) is 0 Å². The first-order valence-corrected chi connectivity index (χ1v) is 7.15. The minimum Gasteiger partial charge on any atom is -0.399 e. The van der Waals surface area contributed by atoms with Gasteiger partial charge in [-0.1, -0.05) is 6.92 Å². The minimum absolute atomic E-state index is 0.00371. The zero-order valence-electron chi connectivity index (χ0n) is 10.5. The molecular formula is C11H19N3O3S. The van der Waals surface area contributed by atoms with Gasteiger partial charge in [-0.3, -0.25) is 0 Å². The summed E-state index contributed by atoms with van der Waals surface area (Å²) in [5, 5.41) is 17.6. The van der Waals surface area contributed by atoms with E-state index in [1.807, 2.05) is 6.92 Å². The average molecular weight is 273 g/mol. The molecule has 1 atom stereocenters. The molecule has 0 saturated carbocycles. The average Bonchev–Trinajstić information content (AvgIpc) is 2.27. The first-order valence-electron chi connectivity index (χ1n) is 5.60. The largest absolute Gasteiger partial charge is 0.399 e. The smallest absolute Gasteiger partial charge is 0.238 e. The summed E-state index contributed by atoms with van der Waals surface area (Å²) in [5.41, 5.74) is 7.00. The lowest BCUT2D eigenvalue weighted by atomic mass is 10.1. The third kappa shape index (κ3) is 3.59. The van der Waals surface area contributed by atoms with Gasteiger partial charge in [0.15, 0.2) is 0 Å². The Kier molecular flexibility index (Phi) is 4.55. The molecule has 1 aromatic carbocycles. The van der Waals surface area contributed by atoms with E-state index in [1.54, 1.807) is 13.0 Å². The Bertz CT molecular complexity index is 529. The number of nitrogen functional groups attached to an aromatic ring is 1. The maximum absolute atomic E-state index is 11.4. The molecule has 102 valence electrons. The fraction of sp³-hybridized carbons (Fsp3) is 0.455. The maximum Gasteiger partial charge on any atom is 0.238 e. The summed E-state index contributed by atoms with van der Waals surface area (Å²) in [7, 11) is -3.81. The van der Waals surface area contributed by atoms with E-state index in [2.05, 4.69) is 5.32 Å². The number of aliphatic hydroxyl groups excluding tert-OH is 1. The highest BCUT2D eigenvalue weighted by molar-refractivity contribution is 7.89. The first-order chi connectivity index (χ1) is 8.25. The number of rotatable bonds is 5. The van der Waals surface area contributed by atoms with Crippen molar-refractivity contribution in [2.24, 2.45) is 5.14 Å². The standard InChI is InChI=1S/C11H19N3O3S/c1-3-9(15)6-14-10-4-8(12)5-11(7(10)2)18(13,16)17/h4-5,9,14-15H,3,6,12H2,1-2H3,(H2,13,16,17). The molecule has 0 radical (unpaired) electrons. The van der Waals surface area contributed by atoms with Gasteiger partial charge < -0.3 is 16.2 Å². The highest BCUT2D eigenvalue weighted by Gasteiger charge is 2.15. The van der Waals surface area contributed by atoms with Crippen molar-refractivity contribution in [2.75, 3.05) is 17.6 Å². The zero-order valence-corrected chi connectivity index (χ0v) is 11.3. The number of hydrogen-bond donors (Lipinski definition) is 4. The lowest BCUT2D eigenvalue weighted by Gasteiger charge is -2.15. The van der Waals surface area contributed by atoms with Crippen molar-refractivity contribution in [1.29, 1.82) is 0 Å². The van der Waals surface area contributed by atoms with E-state index in [1.165, 1.54) is 6.07 Å². The van der Waals surface area contributed by atoms with Crippen LogP contribution >= 0.6 is 0 Å². The van der Waals surface area contributed by atoms with E-state index >= 15 is 0 Å². The van der Waals surface area contributed by atoms with Gasteiger partial charge in [-0.15, -0.1) is 0 Å². The second-order valence-electron chi connectivity index (χ2n) is 4.18. The van der Waals surface area contributed by atoms with Crippen LogP contribution in [0.15, 0.2) is 17.0 Å². The van der Waals surface area contributed by atoms with E-state index < -0.39 is 16.1 Å². The van der Waals surface area contributed by atoms with Gasteiger partial charge in [-0.25, -0.2) is 13.6 Å². The molecule has 0 bridgehead atoms. The van der Waals surface area contributed by atoms with Gasteiger partial charge in [0.2, 0.25) is 10.0 Å². The topological polar surface area (TPSA) is 118 Å². The molecule has 18 heavy (non-hydrogen) atoms. The molecule has 7 heteroatoms. The molecule has 0 spiro atoms. The quantitative estimate of drug-likeness (QED) is 0.579. The summed E-state index contributed by atoms with van der Waals surface area (Å²) < 4.78 is 22.8. The fourth-order valence-corrected chi connectivity index (χ4v) is 2.40. The molecule has 0 fully saturated rings. The van der Waals surface area contributed by atoms with Gasteiger partial charge in [0.25, 0.3) is 0 Å². The molecule has 0 amide bonds.